The minimum absolute atomic E-state index is 0.0476. The molecular weight excluding hydrogens is 769 g/mol. The standard InChI is InChI=1S/C47H70NO10P/c1-3-5-7-9-11-13-15-17-18-19-20-21-22-23-24-25-27-28-30-32-34-36-38-45(49)55-40-43(41-56-59(53,54)57-42-44(48)47(51)52)58-46(50)39-37-35-33-31-29-26-16-14-12-10-8-6-4-2/h5-8,10-14,16-18,20-21,23-24,26-29,31,33,43-44H,3-4,9,15,19,22,25,30,32,34-42,48H2,1-2H3,(H,51,52)(H,53,54)/b7-5+,8-6+,12-10+,13-11+,16-14+,18-17+,21-20+,24-23+,28-27+,29-26+,33-31+/t43?,44-/m1/s1. The second kappa shape index (κ2) is 40.4. The SMILES string of the molecule is CC/C=C/C=C/C=C/C=C/C=C/CCCC(=O)OC(COC(=O)CCCCC/C=C/C/C=C/C/C=C/C/C=C/C/C=C/C/C=C/CC)COP(=O)(O)OC[C@@H](N)C(=O)O. The number of carbonyl (C=O) groups is 3. The Bertz CT molecular complexity index is 1500. The molecule has 59 heavy (non-hydrogen) atoms. The first-order chi connectivity index (χ1) is 28.6. The van der Waals surface area contributed by atoms with E-state index in [0.29, 0.717) is 19.3 Å². The molecule has 0 aromatic rings. The fraction of sp³-hybridized carbons (Fsp3) is 0.468. The van der Waals surface area contributed by atoms with Gasteiger partial charge in [0.05, 0.1) is 13.2 Å². The number of phosphoric acid groups is 1. The lowest BCUT2D eigenvalue weighted by Crippen LogP contribution is -2.34. The Morgan fingerprint density at radius 2 is 1.00 bits per heavy atom. The Balaban J connectivity index is 4.54. The van der Waals surface area contributed by atoms with Crippen LogP contribution in [0.4, 0.5) is 0 Å². The van der Waals surface area contributed by atoms with Gasteiger partial charge in [0.2, 0.25) is 0 Å². The van der Waals surface area contributed by atoms with Crippen molar-refractivity contribution in [2.75, 3.05) is 19.8 Å². The first kappa shape index (κ1) is 54.6. The predicted octanol–water partition coefficient (Wildman–Crippen LogP) is 11.0. The van der Waals surface area contributed by atoms with Crippen molar-refractivity contribution in [2.45, 2.75) is 122 Å². The summed E-state index contributed by atoms with van der Waals surface area (Å²) in [7, 11) is -4.75. The summed E-state index contributed by atoms with van der Waals surface area (Å²) in [6.45, 7) is 2.39. The van der Waals surface area contributed by atoms with Gasteiger partial charge in [0.1, 0.15) is 12.6 Å². The van der Waals surface area contributed by atoms with Crippen molar-refractivity contribution in [3.63, 3.8) is 0 Å². The molecule has 0 aromatic heterocycles. The van der Waals surface area contributed by atoms with Crippen LogP contribution in [0.3, 0.4) is 0 Å². The summed E-state index contributed by atoms with van der Waals surface area (Å²) >= 11 is 0. The van der Waals surface area contributed by atoms with Crippen LogP contribution < -0.4 is 5.73 Å². The number of rotatable bonds is 36. The molecule has 0 aromatic carbocycles. The van der Waals surface area contributed by atoms with Crippen LogP contribution in [0.2, 0.25) is 0 Å². The zero-order valence-electron chi connectivity index (χ0n) is 35.3. The summed E-state index contributed by atoms with van der Waals surface area (Å²) in [6.07, 6.45) is 55.4. The van der Waals surface area contributed by atoms with Crippen molar-refractivity contribution in [2.24, 2.45) is 5.73 Å². The van der Waals surface area contributed by atoms with Gasteiger partial charge in [0.25, 0.3) is 0 Å². The summed E-state index contributed by atoms with van der Waals surface area (Å²) in [5.41, 5.74) is 5.32. The maximum atomic E-state index is 12.6. The quantitative estimate of drug-likeness (QED) is 0.0180. The second-order valence-electron chi connectivity index (χ2n) is 13.1. The summed E-state index contributed by atoms with van der Waals surface area (Å²) < 4.78 is 32.5. The molecule has 0 aliphatic carbocycles. The van der Waals surface area contributed by atoms with Crippen molar-refractivity contribution in [1.82, 2.24) is 0 Å². The van der Waals surface area contributed by atoms with Gasteiger partial charge in [0.15, 0.2) is 6.10 Å². The molecule has 0 fully saturated rings. The van der Waals surface area contributed by atoms with Crippen molar-refractivity contribution in [3.05, 3.63) is 134 Å². The van der Waals surface area contributed by atoms with Gasteiger partial charge in [-0.15, -0.1) is 0 Å². The number of nitrogens with two attached hydrogens (primary N) is 1. The number of hydrogen-bond donors (Lipinski definition) is 3. The Morgan fingerprint density at radius 3 is 1.54 bits per heavy atom. The van der Waals surface area contributed by atoms with Crippen molar-refractivity contribution >= 4 is 25.7 Å². The molecule has 11 nitrogen and oxygen atoms in total. The molecule has 0 radical (unpaired) electrons. The summed E-state index contributed by atoms with van der Waals surface area (Å²) in [6, 6.07) is -1.55. The normalized spacial score (nSPS) is 15.1. The molecule has 328 valence electrons. The molecule has 0 bridgehead atoms. The third kappa shape index (κ3) is 40.2. The number of phosphoric ester groups is 1. The van der Waals surface area contributed by atoms with Gasteiger partial charge in [-0.05, 0) is 77.0 Å². The van der Waals surface area contributed by atoms with Gasteiger partial charge in [-0.2, -0.15) is 0 Å². The molecule has 0 saturated heterocycles. The smallest absolute Gasteiger partial charge is 0.472 e. The first-order valence-corrected chi connectivity index (χ1v) is 22.3. The molecule has 2 unspecified atom stereocenters. The number of hydrogen-bond acceptors (Lipinski definition) is 9. The molecular formula is C47H70NO10P. The number of esters is 2. The number of unbranched alkanes of at least 4 members (excludes halogenated alkanes) is 4. The van der Waals surface area contributed by atoms with E-state index in [1.54, 1.807) is 0 Å². The highest BCUT2D eigenvalue weighted by atomic mass is 31.2. The van der Waals surface area contributed by atoms with Gasteiger partial charge in [-0.25, -0.2) is 4.57 Å². The minimum atomic E-state index is -4.75. The maximum absolute atomic E-state index is 12.6. The number of aliphatic carboxylic acids is 1. The third-order valence-electron chi connectivity index (χ3n) is 7.77. The lowest BCUT2D eigenvalue weighted by atomic mass is 10.1. The van der Waals surface area contributed by atoms with E-state index in [4.69, 9.17) is 24.8 Å². The van der Waals surface area contributed by atoms with E-state index >= 15 is 0 Å². The number of allylic oxidation sites excluding steroid dienone is 22. The van der Waals surface area contributed by atoms with E-state index in [9.17, 15) is 23.8 Å². The largest absolute Gasteiger partial charge is 0.480 e. The fourth-order valence-corrected chi connectivity index (χ4v) is 5.34. The van der Waals surface area contributed by atoms with Crippen LogP contribution in [0.1, 0.15) is 110 Å². The summed E-state index contributed by atoms with van der Waals surface area (Å²) in [5.74, 6) is -2.54. The lowest BCUT2D eigenvalue weighted by molar-refractivity contribution is -0.161. The van der Waals surface area contributed by atoms with Crippen molar-refractivity contribution in [3.8, 4) is 0 Å². The van der Waals surface area contributed by atoms with Gasteiger partial charge in [-0.3, -0.25) is 23.4 Å². The molecule has 3 atom stereocenters. The zero-order valence-corrected chi connectivity index (χ0v) is 36.2. The van der Waals surface area contributed by atoms with Crippen LogP contribution in [0.25, 0.3) is 0 Å². The molecule has 0 amide bonds. The number of ether oxygens (including phenoxy) is 2. The molecule has 0 spiro atoms. The highest BCUT2D eigenvalue weighted by Crippen LogP contribution is 2.43. The summed E-state index contributed by atoms with van der Waals surface area (Å²) in [4.78, 5) is 45.8. The Hall–Kier alpha value is -4.38. The molecule has 4 N–H and O–H groups in total. The lowest BCUT2D eigenvalue weighted by Gasteiger charge is -2.20. The number of carboxylic acid groups (broad SMARTS) is 1. The van der Waals surface area contributed by atoms with Crippen LogP contribution in [0.15, 0.2) is 134 Å². The average Bonchev–Trinajstić information content (AvgIpc) is 3.21. The Morgan fingerprint density at radius 1 is 0.542 bits per heavy atom. The van der Waals surface area contributed by atoms with E-state index < -0.39 is 57.7 Å². The van der Waals surface area contributed by atoms with Crippen molar-refractivity contribution in [1.29, 1.82) is 0 Å². The second-order valence-corrected chi connectivity index (χ2v) is 14.6. The number of carboxylic acids is 1. The predicted molar refractivity (Wildman–Crippen MR) is 239 cm³/mol. The number of carbonyl (C=O) groups excluding carboxylic acids is 2. The van der Waals surface area contributed by atoms with Gasteiger partial charge in [-0.1, -0.05) is 154 Å². The fourth-order valence-electron chi connectivity index (χ4n) is 4.57. The van der Waals surface area contributed by atoms with E-state index in [1.807, 2.05) is 54.7 Å². The maximum Gasteiger partial charge on any atom is 0.472 e. The molecule has 0 saturated carbocycles. The van der Waals surface area contributed by atoms with E-state index in [1.165, 1.54) is 0 Å². The molecule has 0 aliphatic heterocycles. The van der Waals surface area contributed by atoms with Crippen LogP contribution in [0.5, 0.6) is 0 Å². The topological polar surface area (TPSA) is 172 Å². The Labute approximate surface area is 353 Å². The van der Waals surface area contributed by atoms with Crippen LogP contribution in [-0.2, 0) is 37.5 Å². The molecule has 0 heterocycles. The van der Waals surface area contributed by atoms with E-state index in [0.717, 1.165) is 64.2 Å². The molecule has 0 aliphatic rings. The third-order valence-corrected chi connectivity index (χ3v) is 8.72. The van der Waals surface area contributed by atoms with Crippen LogP contribution in [-0.4, -0.2) is 59.9 Å². The minimum Gasteiger partial charge on any atom is -0.480 e. The van der Waals surface area contributed by atoms with E-state index in [-0.39, 0.29) is 12.8 Å². The highest BCUT2D eigenvalue weighted by Gasteiger charge is 2.28. The monoisotopic (exact) mass is 839 g/mol. The van der Waals surface area contributed by atoms with Gasteiger partial charge in [0, 0.05) is 12.8 Å². The van der Waals surface area contributed by atoms with Crippen molar-refractivity contribution < 1.29 is 47.5 Å². The van der Waals surface area contributed by atoms with E-state index in [2.05, 4.69) is 97.4 Å². The molecule has 0 rings (SSSR count). The van der Waals surface area contributed by atoms with Crippen LogP contribution >= 0.6 is 7.82 Å². The summed E-state index contributed by atoms with van der Waals surface area (Å²) in [5, 5.41) is 8.88. The van der Waals surface area contributed by atoms with Crippen LogP contribution in [0, 0.1) is 0 Å². The van der Waals surface area contributed by atoms with Gasteiger partial charge >= 0.3 is 25.7 Å². The zero-order chi connectivity index (χ0) is 43.5. The first-order valence-electron chi connectivity index (χ1n) is 20.8. The highest BCUT2D eigenvalue weighted by molar-refractivity contribution is 7.47. The Kier molecular flexibility index (Phi) is 37.4. The molecule has 12 heteroatoms. The average molecular weight is 840 g/mol. The van der Waals surface area contributed by atoms with Gasteiger partial charge < -0.3 is 25.2 Å².